The third-order valence-electron chi connectivity index (χ3n) is 18.2. The van der Waals surface area contributed by atoms with E-state index < -0.39 is 0 Å². The fraction of sp³-hybridized carbons (Fsp3) is 0.304. The van der Waals surface area contributed by atoms with Gasteiger partial charge in [-0.25, -0.2) is 0 Å². The zero-order chi connectivity index (χ0) is 50.3. The van der Waals surface area contributed by atoms with Crippen molar-refractivity contribution in [1.29, 1.82) is 0 Å². The number of hydrogen-bond acceptors (Lipinski definition) is 2. The number of rotatable bonds is 6. The van der Waals surface area contributed by atoms with E-state index in [0.29, 0.717) is 0 Å². The van der Waals surface area contributed by atoms with Gasteiger partial charge in [0.05, 0.1) is 0 Å². The van der Waals surface area contributed by atoms with Crippen molar-refractivity contribution in [3.63, 3.8) is 0 Å². The number of fused-ring (bicyclic) bond motifs is 8. The minimum Gasteiger partial charge on any atom is -0.355 e. The molecule has 0 saturated heterocycles. The minimum absolute atomic E-state index is 0.0399. The standard InChI is InChI=1S/C69H71BN2/c1-42-35-53-55(67(7,8)33-31-65(53,3)4)40-59(42)71-58-30-28-46(44-21-15-13-16-22-44)37-49(58)51-39-50-48-25-19-20-26-52(48)69(11,12)62(50)64-63(51)70-57-29-27-47(45-23-17-14-18-24-45)38-61(57)72(64)60-41-56-54(36-43(60)2)66(5,6)32-34-68(56,9)10/h13-30,35-41,70-71H,31-34H2,1-12H3. The number of nitrogens with one attached hydrogen (secondary N) is 1. The Morgan fingerprint density at radius 1 is 0.403 bits per heavy atom. The average Bonchev–Trinajstić information content (AvgIpc) is 3.59. The highest BCUT2D eigenvalue weighted by atomic mass is 15.2. The van der Waals surface area contributed by atoms with Gasteiger partial charge in [0.1, 0.15) is 0 Å². The molecule has 0 bridgehead atoms. The van der Waals surface area contributed by atoms with Crippen molar-refractivity contribution >= 4 is 46.6 Å². The maximum absolute atomic E-state index is 4.18. The topological polar surface area (TPSA) is 15.3 Å². The largest absolute Gasteiger partial charge is 0.355 e. The summed E-state index contributed by atoms with van der Waals surface area (Å²) in [6.45, 7) is 29.2. The van der Waals surface area contributed by atoms with Crippen LogP contribution in [-0.4, -0.2) is 7.28 Å². The lowest BCUT2D eigenvalue weighted by molar-refractivity contribution is 0.332. The van der Waals surface area contributed by atoms with Gasteiger partial charge in [0.25, 0.3) is 0 Å². The van der Waals surface area contributed by atoms with Gasteiger partial charge in [0.2, 0.25) is 0 Å². The van der Waals surface area contributed by atoms with E-state index in [0.717, 1.165) is 19.4 Å². The summed E-state index contributed by atoms with van der Waals surface area (Å²) < 4.78 is 0. The Balaban J connectivity index is 1.17. The third-order valence-corrected chi connectivity index (χ3v) is 18.2. The average molecular weight is 939 g/mol. The van der Waals surface area contributed by atoms with Gasteiger partial charge in [0, 0.05) is 39.4 Å². The van der Waals surface area contributed by atoms with E-state index in [9.17, 15) is 0 Å². The smallest absolute Gasteiger partial charge is 0.198 e. The molecular weight excluding hydrogens is 868 g/mol. The molecule has 3 aliphatic carbocycles. The highest BCUT2D eigenvalue weighted by Gasteiger charge is 2.45. The van der Waals surface area contributed by atoms with E-state index >= 15 is 0 Å². The summed E-state index contributed by atoms with van der Waals surface area (Å²) in [6, 6.07) is 58.4. The van der Waals surface area contributed by atoms with Gasteiger partial charge >= 0.3 is 0 Å². The Labute approximate surface area is 431 Å². The van der Waals surface area contributed by atoms with Gasteiger partial charge in [-0.1, -0.05) is 190 Å². The van der Waals surface area contributed by atoms with Crippen molar-refractivity contribution in [2.75, 3.05) is 10.2 Å². The maximum Gasteiger partial charge on any atom is 0.198 e. The Morgan fingerprint density at radius 2 is 0.931 bits per heavy atom. The van der Waals surface area contributed by atoms with Crippen molar-refractivity contribution in [3.05, 3.63) is 196 Å². The van der Waals surface area contributed by atoms with Crippen LogP contribution in [0, 0.1) is 13.8 Å². The first-order chi connectivity index (χ1) is 34.2. The zero-order valence-corrected chi connectivity index (χ0v) is 44.9. The van der Waals surface area contributed by atoms with Crippen molar-refractivity contribution in [3.8, 4) is 44.5 Å². The molecule has 72 heavy (non-hydrogen) atoms. The fourth-order valence-electron chi connectivity index (χ4n) is 13.6. The monoisotopic (exact) mass is 939 g/mol. The first-order valence-corrected chi connectivity index (χ1v) is 26.8. The molecular formula is C69H71BN2. The van der Waals surface area contributed by atoms with E-state index in [4.69, 9.17) is 0 Å². The summed E-state index contributed by atoms with van der Waals surface area (Å²) in [5, 5.41) is 4.18. The van der Waals surface area contributed by atoms with Crippen LogP contribution >= 0.6 is 0 Å². The first kappa shape index (κ1) is 46.5. The molecule has 12 rings (SSSR count). The van der Waals surface area contributed by atoms with Crippen LogP contribution in [0.5, 0.6) is 0 Å². The van der Waals surface area contributed by atoms with Crippen LogP contribution in [0.15, 0.2) is 152 Å². The number of aryl methyl sites for hydroxylation is 2. The predicted molar refractivity (Wildman–Crippen MR) is 311 cm³/mol. The summed E-state index contributed by atoms with van der Waals surface area (Å²) in [4.78, 5) is 2.75. The molecule has 0 fully saturated rings. The normalized spacial score (nSPS) is 17.9. The molecule has 3 heteroatoms. The highest BCUT2D eigenvalue weighted by molar-refractivity contribution is 6.73. The number of hydrogen-bond donors (Lipinski definition) is 1. The summed E-state index contributed by atoms with van der Waals surface area (Å²) in [5.74, 6) is 0. The molecule has 0 radical (unpaired) electrons. The number of anilines is 5. The number of benzene rings is 8. The Bertz CT molecular complexity index is 3510. The summed E-state index contributed by atoms with van der Waals surface area (Å²) in [7, 11) is 0.809. The van der Waals surface area contributed by atoms with Crippen LogP contribution in [0.4, 0.5) is 28.4 Å². The second-order valence-corrected chi connectivity index (χ2v) is 25.3. The molecule has 2 nitrogen and oxygen atoms in total. The second-order valence-electron chi connectivity index (χ2n) is 25.3. The van der Waals surface area contributed by atoms with Gasteiger partial charge in [-0.15, -0.1) is 0 Å². The molecule has 1 aliphatic heterocycles. The van der Waals surface area contributed by atoms with E-state index in [1.807, 2.05) is 0 Å². The SMILES string of the molecule is Cc1cc2c(cc1Nc1ccc(-c3ccccc3)cc1-c1cc3c(c4c1Bc1ccc(-c5ccccc5)cc1N4c1cc4c(cc1C)C(C)(C)CCC4(C)C)C(C)(C)c1ccccc1-3)C(C)(C)CCC2(C)C. The second kappa shape index (κ2) is 16.2. The van der Waals surface area contributed by atoms with E-state index in [1.54, 1.807) is 0 Å². The lowest BCUT2D eigenvalue weighted by Gasteiger charge is -2.44. The quantitative estimate of drug-likeness (QED) is 0.167. The molecule has 8 aromatic carbocycles. The van der Waals surface area contributed by atoms with Crippen molar-refractivity contribution < 1.29 is 0 Å². The zero-order valence-electron chi connectivity index (χ0n) is 44.9. The molecule has 8 aromatic rings. The van der Waals surface area contributed by atoms with Gasteiger partial charge < -0.3 is 10.2 Å². The van der Waals surface area contributed by atoms with Crippen molar-refractivity contribution in [2.45, 2.75) is 136 Å². The maximum atomic E-state index is 4.18. The van der Waals surface area contributed by atoms with Crippen molar-refractivity contribution in [2.24, 2.45) is 0 Å². The highest BCUT2D eigenvalue weighted by Crippen LogP contribution is 2.58. The Kier molecular flexibility index (Phi) is 10.5. The number of nitrogens with zero attached hydrogens (tertiary/aromatic N) is 1. The third kappa shape index (κ3) is 7.27. The summed E-state index contributed by atoms with van der Waals surface area (Å²) in [5.41, 5.74) is 30.5. The van der Waals surface area contributed by atoms with E-state index in [2.05, 4.69) is 245 Å². The minimum atomic E-state index is -0.265. The molecule has 0 amide bonds. The van der Waals surface area contributed by atoms with Crippen molar-refractivity contribution in [1.82, 2.24) is 0 Å². The molecule has 0 atom stereocenters. The lowest BCUT2D eigenvalue weighted by Crippen LogP contribution is -2.43. The predicted octanol–water partition coefficient (Wildman–Crippen LogP) is 17.2. The van der Waals surface area contributed by atoms with Gasteiger partial charge in [0.15, 0.2) is 7.28 Å². The fourth-order valence-corrected chi connectivity index (χ4v) is 13.6. The molecule has 1 heterocycles. The molecule has 4 aliphatic rings. The molecule has 0 spiro atoms. The molecule has 360 valence electrons. The first-order valence-electron chi connectivity index (χ1n) is 26.8. The van der Waals surface area contributed by atoms with Crippen LogP contribution < -0.4 is 21.1 Å². The lowest BCUT2D eigenvalue weighted by atomic mass is 9.56. The summed E-state index contributed by atoms with van der Waals surface area (Å²) >= 11 is 0. The molecule has 1 N–H and O–H groups in total. The van der Waals surface area contributed by atoms with Crippen LogP contribution in [0.1, 0.15) is 139 Å². The van der Waals surface area contributed by atoms with Gasteiger partial charge in [-0.3, -0.25) is 0 Å². The van der Waals surface area contributed by atoms with Crippen LogP contribution in [0.25, 0.3) is 44.5 Å². The summed E-state index contributed by atoms with van der Waals surface area (Å²) in [6.07, 6.45) is 4.72. The molecule has 0 unspecified atom stereocenters. The van der Waals surface area contributed by atoms with Crippen LogP contribution in [-0.2, 0) is 27.1 Å². The van der Waals surface area contributed by atoms with Crippen LogP contribution in [0.2, 0.25) is 0 Å². The van der Waals surface area contributed by atoms with Crippen LogP contribution in [0.3, 0.4) is 0 Å². The van der Waals surface area contributed by atoms with Gasteiger partial charge in [-0.2, -0.15) is 0 Å². The van der Waals surface area contributed by atoms with Gasteiger partial charge in [-0.05, 0) is 187 Å². The Morgan fingerprint density at radius 3 is 1.56 bits per heavy atom. The Hall–Kier alpha value is -6.58. The molecule has 0 saturated carbocycles. The van der Waals surface area contributed by atoms with E-state index in [1.165, 1.54) is 142 Å². The molecule has 0 aromatic heterocycles. The van der Waals surface area contributed by atoms with E-state index in [-0.39, 0.29) is 27.1 Å².